The first-order valence-corrected chi connectivity index (χ1v) is 7.07. The summed E-state index contributed by atoms with van der Waals surface area (Å²) in [7, 11) is 0. The van der Waals surface area contributed by atoms with Crippen molar-refractivity contribution in [1.29, 1.82) is 0 Å². The fourth-order valence-electron chi connectivity index (χ4n) is 2.59. The second kappa shape index (κ2) is 6.29. The average molecular weight is 263 g/mol. The number of nitrogens with zero attached hydrogens (tertiary/aromatic N) is 1. The second-order valence-electron chi connectivity index (χ2n) is 5.72. The monoisotopic (exact) mass is 263 g/mol. The molecule has 0 aromatic heterocycles. The lowest BCUT2D eigenvalue weighted by atomic mass is 9.88. The lowest BCUT2D eigenvalue weighted by Gasteiger charge is -2.35. The summed E-state index contributed by atoms with van der Waals surface area (Å²) in [6, 6.07) is 5.83. The number of piperidine rings is 1. The molecule has 19 heavy (non-hydrogen) atoms. The van der Waals surface area contributed by atoms with Crippen LogP contribution in [0, 0.1) is 17.7 Å². The summed E-state index contributed by atoms with van der Waals surface area (Å²) in [6.45, 7) is 7.55. The summed E-state index contributed by atoms with van der Waals surface area (Å²) in [6.07, 6.45) is 1.73. The largest absolute Gasteiger partial charge is 0.303 e. The van der Waals surface area contributed by atoms with Crippen LogP contribution in [0.3, 0.4) is 0 Å². The van der Waals surface area contributed by atoms with E-state index in [1.165, 1.54) is 18.6 Å². The van der Waals surface area contributed by atoms with Crippen LogP contribution in [0.25, 0.3) is 0 Å². The molecule has 1 fully saturated rings. The van der Waals surface area contributed by atoms with Crippen LogP contribution >= 0.6 is 0 Å². The number of rotatable bonds is 4. The summed E-state index contributed by atoms with van der Waals surface area (Å²) < 4.78 is 12.8. The van der Waals surface area contributed by atoms with Crippen molar-refractivity contribution < 1.29 is 9.18 Å². The van der Waals surface area contributed by atoms with Crippen molar-refractivity contribution in [3.8, 4) is 0 Å². The molecule has 1 aliphatic heterocycles. The van der Waals surface area contributed by atoms with Gasteiger partial charge in [0.15, 0.2) is 5.78 Å². The molecule has 0 saturated carbocycles. The van der Waals surface area contributed by atoms with E-state index >= 15 is 0 Å². The highest BCUT2D eigenvalue weighted by Crippen LogP contribution is 2.22. The maximum Gasteiger partial charge on any atom is 0.164 e. The van der Waals surface area contributed by atoms with E-state index in [1.54, 1.807) is 12.1 Å². The summed E-state index contributed by atoms with van der Waals surface area (Å²) in [4.78, 5) is 14.4. The number of benzene rings is 1. The lowest BCUT2D eigenvalue weighted by molar-refractivity contribution is 0.0927. The van der Waals surface area contributed by atoms with Crippen LogP contribution in [0.1, 0.15) is 37.0 Å². The SMILES string of the molecule is CC1CCN(CCC(=O)c2ccc(F)cc2)CC1C. The predicted octanol–water partition coefficient (Wildman–Crippen LogP) is 3.38. The topological polar surface area (TPSA) is 20.3 Å². The van der Waals surface area contributed by atoms with E-state index in [9.17, 15) is 9.18 Å². The van der Waals surface area contributed by atoms with Crippen molar-refractivity contribution in [2.45, 2.75) is 26.7 Å². The number of hydrogen-bond donors (Lipinski definition) is 0. The number of carbonyl (C=O) groups excluding carboxylic acids is 1. The predicted molar refractivity (Wildman–Crippen MR) is 74.7 cm³/mol. The van der Waals surface area contributed by atoms with E-state index < -0.39 is 0 Å². The zero-order valence-corrected chi connectivity index (χ0v) is 11.7. The lowest BCUT2D eigenvalue weighted by Crippen LogP contribution is -2.39. The van der Waals surface area contributed by atoms with Gasteiger partial charge in [-0.25, -0.2) is 4.39 Å². The first-order chi connectivity index (χ1) is 9.06. The van der Waals surface area contributed by atoms with Gasteiger partial charge in [-0.05, 0) is 49.1 Å². The molecular weight excluding hydrogens is 241 g/mol. The molecule has 2 unspecified atom stereocenters. The molecular formula is C16H22FNO. The van der Waals surface area contributed by atoms with Gasteiger partial charge in [-0.3, -0.25) is 4.79 Å². The third-order valence-electron chi connectivity index (χ3n) is 4.24. The van der Waals surface area contributed by atoms with Crippen molar-refractivity contribution in [2.24, 2.45) is 11.8 Å². The summed E-state index contributed by atoms with van der Waals surface area (Å²) in [5.74, 6) is 1.29. The highest BCUT2D eigenvalue weighted by Gasteiger charge is 2.22. The molecule has 0 bridgehead atoms. The van der Waals surface area contributed by atoms with Gasteiger partial charge in [0.25, 0.3) is 0 Å². The van der Waals surface area contributed by atoms with Crippen molar-refractivity contribution in [3.05, 3.63) is 35.6 Å². The summed E-state index contributed by atoms with van der Waals surface area (Å²) in [5.41, 5.74) is 0.611. The summed E-state index contributed by atoms with van der Waals surface area (Å²) in [5, 5.41) is 0. The molecule has 0 aliphatic carbocycles. The minimum absolute atomic E-state index is 0.103. The van der Waals surface area contributed by atoms with Gasteiger partial charge in [-0.2, -0.15) is 0 Å². The van der Waals surface area contributed by atoms with Gasteiger partial charge in [-0.15, -0.1) is 0 Å². The quantitative estimate of drug-likeness (QED) is 0.776. The molecule has 2 rings (SSSR count). The second-order valence-corrected chi connectivity index (χ2v) is 5.72. The number of Topliss-reactive ketones (excluding diaryl/α,β-unsaturated/α-hetero) is 1. The Balaban J connectivity index is 1.82. The Kier molecular flexibility index (Phi) is 4.70. The Morgan fingerprint density at radius 3 is 2.58 bits per heavy atom. The van der Waals surface area contributed by atoms with Crippen LogP contribution in [-0.4, -0.2) is 30.3 Å². The Morgan fingerprint density at radius 1 is 1.26 bits per heavy atom. The number of likely N-dealkylation sites (tertiary alicyclic amines) is 1. The zero-order valence-electron chi connectivity index (χ0n) is 11.7. The number of carbonyl (C=O) groups is 1. The van der Waals surface area contributed by atoms with E-state index in [2.05, 4.69) is 18.7 Å². The molecule has 3 heteroatoms. The minimum atomic E-state index is -0.296. The van der Waals surface area contributed by atoms with Crippen LogP contribution < -0.4 is 0 Å². The first-order valence-electron chi connectivity index (χ1n) is 7.07. The van der Waals surface area contributed by atoms with Crippen LogP contribution in [0.2, 0.25) is 0 Å². The van der Waals surface area contributed by atoms with Crippen LogP contribution in [0.4, 0.5) is 4.39 Å². The molecule has 1 heterocycles. The number of hydrogen-bond acceptors (Lipinski definition) is 2. The van der Waals surface area contributed by atoms with Crippen molar-refractivity contribution in [3.63, 3.8) is 0 Å². The molecule has 1 aromatic rings. The molecule has 104 valence electrons. The van der Waals surface area contributed by atoms with E-state index in [0.29, 0.717) is 17.9 Å². The van der Waals surface area contributed by atoms with E-state index in [-0.39, 0.29) is 11.6 Å². The fraction of sp³-hybridized carbons (Fsp3) is 0.562. The zero-order chi connectivity index (χ0) is 13.8. The van der Waals surface area contributed by atoms with Crippen LogP contribution in [0.5, 0.6) is 0 Å². The van der Waals surface area contributed by atoms with Crippen molar-refractivity contribution in [2.75, 3.05) is 19.6 Å². The maximum atomic E-state index is 12.8. The van der Waals surface area contributed by atoms with E-state index in [0.717, 1.165) is 25.6 Å². The van der Waals surface area contributed by atoms with Gasteiger partial charge in [-0.1, -0.05) is 13.8 Å². The highest BCUT2D eigenvalue weighted by atomic mass is 19.1. The Morgan fingerprint density at radius 2 is 1.95 bits per heavy atom. The van der Waals surface area contributed by atoms with Gasteiger partial charge in [0.1, 0.15) is 5.82 Å². The Hall–Kier alpha value is -1.22. The molecule has 1 aromatic carbocycles. The van der Waals surface area contributed by atoms with Gasteiger partial charge in [0.05, 0.1) is 0 Å². The minimum Gasteiger partial charge on any atom is -0.303 e. The molecule has 1 aliphatic rings. The van der Waals surface area contributed by atoms with Crippen molar-refractivity contribution >= 4 is 5.78 Å². The average Bonchev–Trinajstić information content (AvgIpc) is 2.40. The molecule has 0 N–H and O–H groups in total. The molecule has 0 amide bonds. The normalized spacial score (nSPS) is 24.4. The first kappa shape index (κ1) is 14.2. The third kappa shape index (κ3) is 3.87. The van der Waals surface area contributed by atoms with E-state index in [4.69, 9.17) is 0 Å². The number of ketones is 1. The standard InChI is InChI=1S/C16H22FNO/c1-12-7-9-18(11-13(12)2)10-8-16(19)14-3-5-15(17)6-4-14/h3-6,12-13H,7-11H2,1-2H3. The molecule has 0 radical (unpaired) electrons. The smallest absolute Gasteiger partial charge is 0.164 e. The molecule has 2 nitrogen and oxygen atoms in total. The van der Waals surface area contributed by atoms with Gasteiger partial charge in [0, 0.05) is 25.1 Å². The molecule has 1 saturated heterocycles. The highest BCUT2D eigenvalue weighted by molar-refractivity contribution is 5.96. The third-order valence-corrected chi connectivity index (χ3v) is 4.24. The van der Waals surface area contributed by atoms with Crippen molar-refractivity contribution in [1.82, 2.24) is 4.90 Å². The fourth-order valence-corrected chi connectivity index (χ4v) is 2.59. The van der Waals surface area contributed by atoms with Crippen LogP contribution in [0.15, 0.2) is 24.3 Å². The van der Waals surface area contributed by atoms with Gasteiger partial charge < -0.3 is 4.90 Å². The van der Waals surface area contributed by atoms with Gasteiger partial charge >= 0.3 is 0 Å². The maximum absolute atomic E-state index is 12.8. The molecule has 2 atom stereocenters. The Bertz CT molecular complexity index is 429. The summed E-state index contributed by atoms with van der Waals surface area (Å²) >= 11 is 0. The van der Waals surface area contributed by atoms with E-state index in [1.807, 2.05) is 0 Å². The molecule has 0 spiro atoms. The number of halogens is 1. The Labute approximate surface area is 114 Å². The van der Waals surface area contributed by atoms with Crippen LogP contribution in [-0.2, 0) is 0 Å². The van der Waals surface area contributed by atoms with Gasteiger partial charge in [0.2, 0.25) is 0 Å².